The molecule has 0 aromatic carbocycles. The van der Waals surface area contributed by atoms with Gasteiger partial charge >= 0.3 is 0 Å². The molecule has 0 aliphatic carbocycles. The van der Waals surface area contributed by atoms with Crippen molar-refractivity contribution in [2.24, 2.45) is 0 Å². The molecule has 0 aromatic heterocycles. The van der Waals surface area contributed by atoms with Gasteiger partial charge in [-0.05, 0) is 11.9 Å². The van der Waals surface area contributed by atoms with Crippen LogP contribution in [0.15, 0.2) is 11.9 Å². The van der Waals surface area contributed by atoms with E-state index in [1.165, 1.54) is 13.7 Å². The molecule has 8 heteroatoms. The molecule has 0 spiro atoms. The molecule has 6 nitrogen and oxygen atoms in total. The predicted molar refractivity (Wildman–Crippen MR) is 44.9 cm³/mol. The smallest absolute Gasteiger partial charge is 0.155 e. The molecule has 1 rings (SSSR count). The summed E-state index contributed by atoms with van der Waals surface area (Å²) in [6.45, 7) is 1.27. The summed E-state index contributed by atoms with van der Waals surface area (Å²) in [6.07, 6.45) is -1.31. The number of hydrogen-bond donors (Lipinski definition) is 2. The summed E-state index contributed by atoms with van der Waals surface area (Å²) < 4.78 is 20.1. The normalized spacial score (nSPS) is 35.1. The molecule has 0 amide bonds. The van der Waals surface area contributed by atoms with Gasteiger partial charge in [-0.15, -0.1) is 0 Å². The van der Waals surface area contributed by atoms with E-state index < -0.39 is 25.9 Å². The third-order valence-corrected chi connectivity index (χ3v) is 2.33. The number of hydrogen-bond acceptors (Lipinski definition) is 5. The van der Waals surface area contributed by atoms with E-state index in [4.69, 9.17) is 14.4 Å². The first-order valence-electron chi connectivity index (χ1n) is 3.86. The van der Waals surface area contributed by atoms with Crippen LogP contribution in [0.4, 0.5) is 0 Å². The summed E-state index contributed by atoms with van der Waals surface area (Å²) in [5.41, 5.74) is 0. The second kappa shape index (κ2) is 6.53. The van der Waals surface area contributed by atoms with E-state index in [0.29, 0.717) is 5.82 Å². The van der Waals surface area contributed by atoms with Crippen LogP contribution in [0.1, 0.15) is 0 Å². The van der Waals surface area contributed by atoms with Gasteiger partial charge in [-0.25, -0.2) is 0 Å². The standard InChI is InChI=1S/C7H12O6P.U/c1-12-6-4-13-5(7(6)8)2-3-14(9,10)11;/h2-8H,1H3,(H2,9,10,11);/q-1;/p-1/b3-2-;/t5-,6-,7?;/m1./s1. The Kier molecular flexibility index (Phi) is 6.89. The van der Waals surface area contributed by atoms with Crippen LogP contribution < -0.4 is 4.89 Å². The maximum absolute atomic E-state index is 10.4. The molecule has 1 saturated heterocycles. The van der Waals surface area contributed by atoms with Crippen molar-refractivity contribution in [3.8, 4) is 0 Å². The SMILES string of the molecule is CO[C@@H]1[CH-]O[C@H](/C=C\P(=O)([O-])O)C1O.[U]. The Morgan fingerprint density at radius 3 is 2.67 bits per heavy atom. The van der Waals surface area contributed by atoms with Gasteiger partial charge in [0, 0.05) is 38.2 Å². The fourth-order valence-corrected chi connectivity index (χ4v) is 1.45. The summed E-state index contributed by atoms with van der Waals surface area (Å²) >= 11 is 0. The molecule has 15 heavy (non-hydrogen) atoms. The minimum Gasteiger partial charge on any atom is -0.776 e. The number of methoxy groups -OCH3 is 1. The molecule has 0 aromatic rings. The summed E-state index contributed by atoms with van der Waals surface area (Å²) in [6, 6.07) is 0. The van der Waals surface area contributed by atoms with Crippen molar-refractivity contribution in [3.63, 3.8) is 0 Å². The van der Waals surface area contributed by atoms with E-state index in [2.05, 4.69) is 0 Å². The molecule has 4 atom stereocenters. The summed E-state index contributed by atoms with van der Waals surface area (Å²) in [7, 11) is -3.06. The predicted octanol–water partition coefficient (Wildman–Crippen LogP) is -1.02. The zero-order valence-corrected chi connectivity index (χ0v) is 13.0. The Labute approximate surface area is 111 Å². The first-order chi connectivity index (χ1) is 6.44. The summed E-state index contributed by atoms with van der Waals surface area (Å²) in [5.74, 6) is 0.590. The van der Waals surface area contributed by atoms with Crippen molar-refractivity contribution in [1.82, 2.24) is 0 Å². The van der Waals surface area contributed by atoms with E-state index in [1.54, 1.807) is 0 Å². The van der Waals surface area contributed by atoms with Crippen LogP contribution in [-0.4, -0.2) is 35.4 Å². The minimum absolute atomic E-state index is 0. The van der Waals surface area contributed by atoms with E-state index in [0.717, 1.165) is 6.08 Å². The third-order valence-electron chi connectivity index (χ3n) is 1.78. The average molecular weight is 460 g/mol. The van der Waals surface area contributed by atoms with Gasteiger partial charge in [-0.1, -0.05) is 6.08 Å². The van der Waals surface area contributed by atoms with Crippen LogP contribution in [-0.2, 0) is 14.0 Å². The van der Waals surface area contributed by atoms with Crippen molar-refractivity contribution < 1.29 is 60.0 Å². The van der Waals surface area contributed by atoms with Gasteiger partial charge in [-0.2, -0.15) is 6.61 Å². The first-order valence-corrected chi connectivity index (χ1v) is 5.51. The number of aliphatic hydroxyl groups excluding tert-OH is 1. The molecule has 1 fully saturated rings. The zero-order valence-electron chi connectivity index (χ0n) is 7.94. The van der Waals surface area contributed by atoms with E-state index in [1.807, 2.05) is 0 Å². The maximum atomic E-state index is 10.4. The monoisotopic (exact) mass is 460 g/mol. The Morgan fingerprint density at radius 2 is 2.27 bits per heavy atom. The van der Waals surface area contributed by atoms with Crippen molar-refractivity contribution in [2.45, 2.75) is 18.3 Å². The molecule has 0 saturated carbocycles. The van der Waals surface area contributed by atoms with Gasteiger partial charge in [-0.3, -0.25) is 0 Å². The van der Waals surface area contributed by atoms with Gasteiger partial charge in [0.2, 0.25) is 0 Å². The van der Waals surface area contributed by atoms with E-state index >= 15 is 0 Å². The first kappa shape index (κ1) is 15.8. The van der Waals surface area contributed by atoms with Crippen LogP contribution >= 0.6 is 7.60 Å². The van der Waals surface area contributed by atoms with Crippen molar-refractivity contribution in [2.75, 3.05) is 7.11 Å². The van der Waals surface area contributed by atoms with E-state index in [9.17, 15) is 14.6 Å². The second-order valence-electron chi connectivity index (χ2n) is 2.83. The molecule has 0 radical (unpaired) electrons. The van der Waals surface area contributed by atoms with Gasteiger partial charge < -0.3 is 28.9 Å². The molecule has 0 bridgehead atoms. The molecule has 86 valence electrons. The van der Waals surface area contributed by atoms with Crippen LogP contribution in [0.5, 0.6) is 0 Å². The molecule has 1 heterocycles. The number of ether oxygens (including phenoxy) is 2. The van der Waals surface area contributed by atoms with Crippen LogP contribution in [0.2, 0.25) is 0 Å². The number of rotatable bonds is 3. The molecule has 1 aliphatic heterocycles. The van der Waals surface area contributed by atoms with Gasteiger partial charge in [0.05, 0.1) is 12.2 Å². The van der Waals surface area contributed by atoms with E-state index in [-0.39, 0.29) is 31.1 Å². The van der Waals surface area contributed by atoms with Gasteiger partial charge in [0.1, 0.15) is 0 Å². The van der Waals surface area contributed by atoms with Crippen molar-refractivity contribution in [1.29, 1.82) is 0 Å². The van der Waals surface area contributed by atoms with Crippen LogP contribution in [0.3, 0.4) is 0 Å². The average Bonchev–Trinajstić information content (AvgIpc) is 2.42. The van der Waals surface area contributed by atoms with Gasteiger partial charge in [0.15, 0.2) is 7.60 Å². The fraction of sp³-hybridized carbons (Fsp3) is 0.571. The largest absolute Gasteiger partial charge is 0.776 e. The summed E-state index contributed by atoms with van der Waals surface area (Å²) in [4.78, 5) is 18.8. The molecule has 2 unspecified atom stereocenters. The molecule has 1 aliphatic rings. The van der Waals surface area contributed by atoms with Crippen molar-refractivity contribution in [3.05, 3.63) is 18.5 Å². The molecular formula is C7H11O6PU-2. The maximum Gasteiger partial charge on any atom is 0.155 e. The minimum atomic E-state index is -4.45. The third kappa shape index (κ3) is 5.12. The quantitative estimate of drug-likeness (QED) is 0.414. The second-order valence-corrected chi connectivity index (χ2v) is 4.26. The van der Waals surface area contributed by atoms with Crippen LogP contribution in [0, 0.1) is 37.7 Å². The Hall–Kier alpha value is 0.822. The topological polar surface area (TPSA) is 99.1 Å². The Morgan fingerprint density at radius 1 is 1.67 bits per heavy atom. The zero-order chi connectivity index (χ0) is 10.8. The van der Waals surface area contributed by atoms with Crippen molar-refractivity contribution >= 4 is 7.60 Å². The Bertz CT molecular complexity index is 264. The Balaban J connectivity index is 0.00000196. The fourth-order valence-electron chi connectivity index (χ4n) is 1.06. The molecular weight excluding hydrogens is 449 g/mol. The molecule has 2 N–H and O–H groups in total. The number of aliphatic hydroxyl groups is 1. The van der Waals surface area contributed by atoms with Crippen LogP contribution in [0.25, 0.3) is 0 Å². The summed E-state index contributed by atoms with van der Waals surface area (Å²) in [5, 5.41) is 9.44. The van der Waals surface area contributed by atoms with Gasteiger partial charge in [0.25, 0.3) is 0 Å².